The van der Waals surface area contributed by atoms with Gasteiger partial charge in [0.15, 0.2) is 11.5 Å². The molecule has 3 aromatic rings. The molecular formula is C25H20N2O4S. The van der Waals surface area contributed by atoms with Gasteiger partial charge in [-0.25, -0.2) is 0 Å². The molecule has 7 heteroatoms. The minimum Gasteiger partial charge on any atom is -0.486 e. The minimum absolute atomic E-state index is 0.129. The van der Waals surface area contributed by atoms with Crippen molar-refractivity contribution in [3.05, 3.63) is 84.4 Å². The highest BCUT2D eigenvalue weighted by molar-refractivity contribution is 7.99. The van der Waals surface area contributed by atoms with E-state index in [2.05, 4.69) is 11.9 Å². The largest absolute Gasteiger partial charge is 0.486 e. The Bertz CT molecular complexity index is 1190. The van der Waals surface area contributed by atoms with E-state index in [-0.39, 0.29) is 18.4 Å². The maximum atomic E-state index is 13.0. The smallest absolute Gasteiger partial charge is 0.259 e. The average molecular weight is 445 g/mol. The van der Waals surface area contributed by atoms with Crippen LogP contribution in [0.15, 0.2) is 83.1 Å². The predicted octanol–water partition coefficient (Wildman–Crippen LogP) is 4.67. The lowest BCUT2D eigenvalue weighted by Crippen LogP contribution is -2.32. The summed E-state index contributed by atoms with van der Waals surface area (Å²) in [5, 5.41) is 2.95. The fraction of sp³-hybridized carbons (Fsp3) is 0.120. The maximum Gasteiger partial charge on any atom is 0.259 e. The van der Waals surface area contributed by atoms with Gasteiger partial charge >= 0.3 is 0 Å². The van der Waals surface area contributed by atoms with Crippen molar-refractivity contribution in [2.45, 2.75) is 9.79 Å². The second-order valence-electron chi connectivity index (χ2n) is 7.34. The van der Waals surface area contributed by atoms with Crippen LogP contribution in [0.3, 0.4) is 0 Å². The van der Waals surface area contributed by atoms with Crippen LogP contribution in [0.1, 0.15) is 15.9 Å². The van der Waals surface area contributed by atoms with Crippen LogP contribution in [0, 0.1) is 0 Å². The van der Waals surface area contributed by atoms with Crippen molar-refractivity contribution in [1.29, 1.82) is 0 Å². The first-order valence-electron chi connectivity index (χ1n) is 10.2. The lowest BCUT2D eigenvalue weighted by atomic mass is 10.1. The molecule has 0 bridgehead atoms. The Morgan fingerprint density at radius 3 is 2.34 bits per heavy atom. The Balaban J connectivity index is 1.39. The fourth-order valence-corrected chi connectivity index (χ4v) is 4.64. The van der Waals surface area contributed by atoms with E-state index in [1.54, 1.807) is 18.2 Å². The van der Waals surface area contributed by atoms with Crippen molar-refractivity contribution < 1.29 is 19.1 Å². The molecule has 160 valence electrons. The Morgan fingerprint density at radius 2 is 1.62 bits per heavy atom. The quantitative estimate of drug-likeness (QED) is 0.619. The molecule has 0 fully saturated rings. The number of fused-ring (bicyclic) bond motifs is 2. The van der Waals surface area contributed by atoms with Crippen LogP contribution in [0.25, 0.3) is 5.70 Å². The molecule has 0 spiro atoms. The van der Waals surface area contributed by atoms with Crippen LogP contribution >= 0.6 is 11.8 Å². The topological polar surface area (TPSA) is 67.9 Å². The van der Waals surface area contributed by atoms with Crippen molar-refractivity contribution in [3.63, 3.8) is 0 Å². The summed E-state index contributed by atoms with van der Waals surface area (Å²) < 4.78 is 11.4. The van der Waals surface area contributed by atoms with Gasteiger partial charge in [-0.3, -0.25) is 14.5 Å². The molecule has 5 rings (SSSR count). The van der Waals surface area contributed by atoms with Crippen molar-refractivity contribution in [1.82, 2.24) is 4.90 Å². The summed E-state index contributed by atoms with van der Waals surface area (Å²) in [5.74, 6) is 0.685. The van der Waals surface area contributed by atoms with E-state index in [4.69, 9.17) is 9.47 Å². The number of rotatable bonds is 5. The Hall–Kier alpha value is -3.71. The van der Waals surface area contributed by atoms with E-state index in [1.165, 1.54) is 16.7 Å². The zero-order valence-electron chi connectivity index (χ0n) is 17.2. The third-order valence-electron chi connectivity index (χ3n) is 5.23. The Labute approximate surface area is 189 Å². The molecular weight excluding hydrogens is 424 g/mol. The summed E-state index contributed by atoms with van der Waals surface area (Å²) in [6.07, 6.45) is 0. The van der Waals surface area contributed by atoms with Gasteiger partial charge in [0, 0.05) is 38.7 Å². The van der Waals surface area contributed by atoms with Crippen LogP contribution in [-0.4, -0.2) is 36.5 Å². The number of nitrogens with zero attached hydrogens (tertiary/aromatic N) is 1. The van der Waals surface area contributed by atoms with Crippen molar-refractivity contribution in [3.8, 4) is 11.5 Å². The molecule has 0 unspecified atom stereocenters. The van der Waals surface area contributed by atoms with E-state index < -0.39 is 0 Å². The maximum absolute atomic E-state index is 13.0. The zero-order valence-corrected chi connectivity index (χ0v) is 18.0. The molecule has 0 aromatic heterocycles. The highest BCUT2D eigenvalue weighted by atomic mass is 32.2. The normalized spacial score (nSPS) is 14.3. The molecule has 32 heavy (non-hydrogen) atoms. The summed E-state index contributed by atoms with van der Waals surface area (Å²) in [5.41, 5.74) is 2.44. The van der Waals surface area contributed by atoms with E-state index in [1.807, 2.05) is 48.5 Å². The van der Waals surface area contributed by atoms with Crippen molar-refractivity contribution in [2.24, 2.45) is 0 Å². The third kappa shape index (κ3) is 3.83. The number of benzene rings is 3. The van der Waals surface area contributed by atoms with Crippen LogP contribution in [0.2, 0.25) is 0 Å². The fourth-order valence-electron chi connectivity index (χ4n) is 3.70. The van der Waals surface area contributed by atoms with Gasteiger partial charge in [-0.05, 0) is 18.2 Å². The average Bonchev–Trinajstić information content (AvgIpc) is 3.05. The monoisotopic (exact) mass is 444 g/mol. The number of carbonyl (C=O) groups excluding carboxylic acids is 2. The molecule has 0 saturated carbocycles. The van der Waals surface area contributed by atoms with Gasteiger partial charge in [0.25, 0.3) is 5.91 Å². The number of ether oxygens (including phenoxy) is 2. The number of hydrogen-bond acceptors (Lipinski definition) is 5. The highest BCUT2D eigenvalue weighted by Crippen LogP contribution is 2.42. The van der Waals surface area contributed by atoms with Gasteiger partial charge in [-0.15, -0.1) is 0 Å². The summed E-state index contributed by atoms with van der Waals surface area (Å²) in [7, 11) is 0. The van der Waals surface area contributed by atoms with Gasteiger partial charge in [-0.2, -0.15) is 0 Å². The van der Waals surface area contributed by atoms with Gasteiger partial charge in [0.05, 0.1) is 5.69 Å². The highest BCUT2D eigenvalue weighted by Gasteiger charge is 2.32. The first kappa shape index (κ1) is 20.2. The standard InChI is InChI=1S/C25H20N2O4S/c1-16-18-9-5-6-10-19(18)25(29)27(16)15-24(28)26-20-13-21-22(31-12-11-30-21)14-23(20)32-17-7-3-2-4-8-17/h2-10,13-14H,1,11-12,15H2,(H,26,28). The Morgan fingerprint density at radius 1 is 0.969 bits per heavy atom. The van der Waals surface area contributed by atoms with E-state index >= 15 is 0 Å². The van der Waals surface area contributed by atoms with Gasteiger partial charge in [-0.1, -0.05) is 54.7 Å². The van der Waals surface area contributed by atoms with Crippen molar-refractivity contribution >= 4 is 35.0 Å². The van der Waals surface area contributed by atoms with Gasteiger partial charge in [0.2, 0.25) is 5.91 Å². The number of carbonyl (C=O) groups is 2. The van der Waals surface area contributed by atoms with Gasteiger partial charge < -0.3 is 14.8 Å². The molecule has 6 nitrogen and oxygen atoms in total. The molecule has 0 atom stereocenters. The van der Waals surface area contributed by atoms with Crippen LogP contribution in [0.5, 0.6) is 11.5 Å². The molecule has 2 aliphatic rings. The van der Waals surface area contributed by atoms with Crippen molar-refractivity contribution in [2.75, 3.05) is 25.1 Å². The third-order valence-corrected chi connectivity index (χ3v) is 6.30. The minimum atomic E-state index is -0.320. The molecule has 3 aromatic carbocycles. The predicted molar refractivity (Wildman–Crippen MR) is 123 cm³/mol. The van der Waals surface area contributed by atoms with Crippen LogP contribution in [0.4, 0.5) is 5.69 Å². The lowest BCUT2D eigenvalue weighted by molar-refractivity contribution is -0.116. The summed E-state index contributed by atoms with van der Waals surface area (Å²) in [6.45, 7) is 4.80. The number of amides is 2. The number of hydrogen-bond donors (Lipinski definition) is 1. The van der Waals surface area contributed by atoms with Crippen LogP contribution in [-0.2, 0) is 4.79 Å². The molecule has 0 saturated heterocycles. The molecule has 0 aliphatic carbocycles. The summed E-state index contributed by atoms with van der Waals surface area (Å²) >= 11 is 1.51. The molecule has 1 N–H and O–H groups in total. The molecule has 2 aliphatic heterocycles. The van der Waals surface area contributed by atoms with Crippen LogP contribution < -0.4 is 14.8 Å². The van der Waals surface area contributed by atoms with E-state index in [0.717, 1.165) is 15.4 Å². The number of nitrogens with one attached hydrogen (secondary N) is 1. The zero-order chi connectivity index (χ0) is 22.1. The molecule has 2 amide bonds. The van der Waals surface area contributed by atoms with E-state index in [0.29, 0.717) is 41.7 Å². The van der Waals surface area contributed by atoms with Gasteiger partial charge in [0.1, 0.15) is 19.8 Å². The van der Waals surface area contributed by atoms with E-state index in [9.17, 15) is 9.59 Å². The molecule has 0 radical (unpaired) electrons. The number of anilines is 1. The SMILES string of the molecule is C=C1c2ccccc2C(=O)N1CC(=O)Nc1cc2c(cc1Sc1ccccc1)OCCO2. The summed E-state index contributed by atoms with van der Waals surface area (Å²) in [6, 6.07) is 20.7. The molecule has 2 heterocycles. The summed E-state index contributed by atoms with van der Waals surface area (Å²) in [4.78, 5) is 28.9. The first-order valence-corrected chi connectivity index (χ1v) is 11.0. The Kier molecular flexibility index (Phi) is 5.33. The lowest BCUT2D eigenvalue weighted by Gasteiger charge is -2.22. The second-order valence-corrected chi connectivity index (χ2v) is 8.45. The second kappa shape index (κ2) is 8.43. The first-order chi connectivity index (χ1) is 15.6.